The average molecular weight is 446 g/mol. The summed E-state index contributed by atoms with van der Waals surface area (Å²) < 4.78 is 21.4. The standard InChI is InChI=1S/C21H22N2O7S/c1-27-13-8-11(9-14-18(13)29-7-6-28-14)21(26)30-10-16(24)23-20-17(19(22)25)12-4-2-3-5-15(12)31-20/h8-9H,2-7,10H2,1H3,(H2,22,25)(H,23,24). The molecule has 4 rings (SSSR count). The van der Waals surface area contributed by atoms with Crippen LogP contribution in [0.4, 0.5) is 5.00 Å². The molecule has 0 bridgehead atoms. The second-order valence-electron chi connectivity index (χ2n) is 7.11. The molecule has 2 aliphatic rings. The van der Waals surface area contributed by atoms with E-state index in [1.165, 1.54) is 30.6 Å². The monoisotopic (exact) mass is 446 g/mol. The van der Waals surface area contributed by atoms with Crippen molar-refractivity contribution in [1.29, 1.82) is 0 Å². The Balaban J connectivity index is 1.43. The second-order valence-corrected chi connectivity index (χ2v) is 8.21. The smallest absolute Gasteiger partial charge is 0.338 e. The van der Waals surface area contributed by atoms with Crippen LogP contribution in [-0.4, -0.2) is 44.7 Å². The van der Waals surface area contributed by atoms with Crippen LogP contribution in [0.5, 0.6) is 17.2 Å². The summed E-state index contributed by atoms with van der Waals surface area (Å²) >= 11 is 1.35. The molecule has 2 heterocycles. The molecule has 164 valence electrons. The van der Waals surface area contributed by atoms with Gasteiger partial charge in [0.25, 0.3) is 11.8 Å². The predicted molar refractivity (Wildman–Crippen MR) is 112 cm³/mol. The fourth-order valence-corrected chi connectivity index (χ4v) is 4.99. The van der Waals surface area contributed by atoms with Crippen molar-refractivity contribution >= 4 is 34.1 Å². The molecule has 1 aliphatic heterocycles. The molecule has 1 aromatic carbocycles. The summed E-state index contributed by atoms with van der Waals surface area (Å²) in [4.78, 5) is 37.8. The van der Waals surface area contributed by atoms with Gasteiger partial charge in [-0.1, -0.05) is 0 Å². The number of methoxy groups -OCH3 is 1. The van der Waals surface area contributed by atoms with Crippen molar-refractivity contribution in [3.05, 3.63) is 33.7 Å². The third-order valence-electron chi connectivity index (χ3n) is 5.07. The van der Waals surface area contributed by atoms with Gasteiger partial charge in [0.15, 0.2) is 18.1 Å². The minimum Gasteiger partial charge on any atom is -0.493 e. The zero-order valence-corrected chi connectivity index (χ0v) is 17.8. The van der Waals surface area contributed by atoms with Crippen molar-refractivity contribution in [2.45, 2.75) is 25.7 Å². The first kappa shape index (κ1) is 21.0. The molecule has 2 aromatic rings. The van der Waals surface area contributed by atoms with Crippen molar-refractivity contribution in [3.8, 4) is 17.2 Å². The Morgan fingerprint density at radius 3 is 2.71 bits per heavy atom. The van der Waals surface area contributed by atoms with E-state index in [0.717, 1.165) is 36.1 Å². The van der Waals surface area contributed by atoms with Crippen LogP contribution < -0.4 is 25.3 Å². The van der Waals surface area contributed by atoms with Crippen LogP contribution in [0.2, 0.25) is 0 Å². The predicted octanol–water partition coefficient (Wildman–Crippen LogP) is 2.30. The maximum Gasteiger partial charge on any atom is 0.338 e. The molecule has 0 saturated carbocycles. The molecule has 0 atom stereocenters. The van der Waals surface area contributed by atoms with E-state index in [-0.39, 0.29) is 5.56 Å². The highest BCUT2D eigenvalue weighted by Gasteiger charge is 2.26. The summed E-state index contributed by atoms with van der Waals surface area (Å²) in [7, 11) is 1.45. The van der Waals surface area contributed by atoms with Crippen LogP contribution >= 0.6 is 11.3 Å². The van der Waals surface area contributed by atoms with Gasteiger partial charge in [0.05, 0.1) is 18.2 Å². The molecule has 10 heteroatoms. The molecule has 0 spiro atoms. The molecule has 0 radical (unpaired) electrons. The Morgan fingerprint density at radius 1 is 1.16 bits per heavy atom. The third kappa shape index (κ3) is 4.29. The lowest BCUT2D eigenvalue weighted by Gasteiger charge is -2.21. The number of esters is 1. The number of anilines is 1. The minimum atomic E-state index is -0.717. The largest absolute Gasteiger partial charge is 0.493 e. The molecule has 0 unspecified atom stereocenters. The molecule has 3 N–H and O–H groups in total. The highest BCUT2D eigenvalue weighted by atomic mass is 32.1. The van der Waals surface area contributed by atoms with Crippen molar-refractivity contribution in [1.82, 2.24) is 0 Å². The van der Waals surface area contributed by atoms with Gasteiger partial charge in [-0.2, -0.15) is 0 Å². The summed E-state index contributed by atoms with van der Waals surface area (Å²) in [6, 6.07) is 2.95. The number of thiophene rings is 1. The summed E-state index contributed by atoms with van der Waals surface area (Å²) in [5.41, 5.74) is 6.98. The van der Waals surface area contributed by atoms with Gasteiger partial charge < -0.3 is 30.0 Å². The zero-order chi connectivity index (χ0) is 22.0. The number of primary amides is 1. The van der Waals surface area contributed by atoms with E-state index in [1.807, 2.05) is 0 Å². The summed E-state index contributed by atoms with van der Waals surface area (Å²) in [5, 5.41) is 3.06. The van der Waals surface area contributed by atoms with Crippen LogP contribution in [0, 0.1) is 0 Å². The number of benzene rings is 1. The van der Waals surface area contributed by atoms with Crippen molar-refractivity contribution < 1.29 is 33.3 Å². The number of aryl methyl sites for hydroxylation is 1. The molecule has 1 aliphatic carbocycles. The van der Waals surface area contributed by atoms with Gasteiger partial charge in [-0.15, -0.1) is 11.3 Å². The van der Waals surface area contributed by atoms with Gasteiger partial charge in [-0.25, -0.2) is 4.79 Å². The lowest BCUT2D eigenvalue weighted by atomic mass is 9.95. The number of rotatable bonds is 6. The second kappa shape index (κ2) is 8.84. The van der Waals surface area contributed by atoms with E-state index in [4.69, 9.17) is 24.7 Å². The van der Waals surface area contributed by atoms with Crippen LogP contribution in [0.25, 0.3) is 0 Å². The van der Waals surface area contributed by atoms with E-state index in [2.05, 4.69) is 5.32 Å². The van der Waals surface area contributed by atoms with E-state index in [9.17, 15) is 14.4 Å². The van der Waals surface area contributed by atoms with Crippen LogP contribution in [0.1, 0.15) is 44.0 Å². The molecule has 1 aromatic heterocycles. The third-order valence-corrected chi connectivity index (χ3v) is 6.28. The number of carbonyl (C=O) groups is 3. The summed E-state index contributed by atoms with van der Waals surface area (Å²) in [6.45, 7) is 0.215. The normalized spacial score (nSPS) is 14.4. The first-order valence-electron chi connectivity index (χ1n) is 9.87. The molecule has 2 amide bonds. The number of ether oxygens (including phenoxy) is 4. The number of carbonyl (C=O) groups excluding carboxylic acids is 3. The van der Waals surface area contributed by atoms with Gasteiger partial charge in [0, 0.05) is 4.88 Å². The Kier molecular flexibility index (Phi) is 5.99. The van der Waals surface area contributed by atoms with Crippen molar-refractivity contribution in [2.75, 3.05) is 32.2 Å². The van der Waals surface area contributed by atoms with Gasteiger partial charge in [-0.05, 0) is 43.4 Å². The van der Waals surface area contributed by atoms with E-state index in [1.54, 1.807) is 0 Å². The Hall–Kier alpha value is -3.27. The number of fused-ring (bicyclic) bond motifs is 2. The van der Waals surface area contributed by atoms with Crippen molar-refractivity contribution in [2.24, 2.45) is 5.73 Å². The number of nitrogens with one attached hydrogen (secondary N) is 1. The van der Waals surface area contributed by atoms with E-state index >= 15 is 0 Å². The average Bonchev–Trinajstić information content (AvgIpc) is 3.14. The molecular weight excluding hydrogens is 424 g/mol. The number of nitrogens with two attached hydrogens (primary N) is 1. The minimum absolute atomic E-state index is 0.165. The molecule has 0 saturated heterocycles. The van der Waals surface area contributed by atoms with Crippen molar-refractivity contribution in [3.63, 3.8) is 0 Å². The molecule has 9 nitrogen and oxygen atoms in total. The van der Waals surface area contributed by atoms with Gasteiger partial charge in [0.1, 0.15) is 18.2 Å². The first-order valence-corrected chi connectivity index (χ1v) is 10.7. The Labute approximate surface area is 182 Å². The molecule has 31 heavy (non-hydrogen) atoms. The maximum atomic E-state index is 12.5. The first-order chi connectivity index (χ1) is 15.0. The lowest BCUT2D eigenvalue weighted by molar-refractivity contribution is -0.119. The van der Waals surface area contributed by atoms with Crippen LogP contribution in [0.15, 0.2) is 12.1 Å². The van der Waals surface area contributed by atoms with Gasteiger partial charge in [0.2, 0.25) is 5.75 Å². The highest BCUT2D eigenvalue weighted by molar-refractivity contribution is 7.17. The van der Waals surface area contributed by atoms with E-state index < -0.39 is 24.4 Å². The summed E-state index contributed by atoms with van der Waals surface area (Å²) in [6.07, 6.45) is 3.64. The van der Waals surface area contributed by atoms with Gasteiger partial charge in [-0.3, -0.25) is 9.59 Å². The number of hydrogen-bond donors (Lipinski definition) is 2. The zero-order valence-electron chi connectivity index (χ0n) is 16.9. The fraction of sp³-hybridized carbons (Fsp3) is 0.381. The highest BCUT2D eigenvalue weighted by Crippen LogP contribution is 2.40. The Morgan fingerprint density at radius 2 is 1.94 bits per heavy atom. The lowest BCUT2D eigenvalue weighted by Crippen LogP contribution is -2.23. The Bertz CT molecular complexity index is 1030. The molecular formula is C21H22N2O7S. The SMILES string of the molecule is COc1cc(C(=O)OCC(=O)Nc2sc3c(c2C(N)=O)CCCC3)cc2c1OCCO2. The molecule has 0 fully saturated rings. The topological polar surface area (TPSA) is 126 Å². The number of hydrogen-bond acceptors (Lipinski definition) is 8. The van der Waals surface area contributed by atoms with Gasteiger partial charge >= 0.3 is 5.97 Å². The summed E-state index contributed by atoms with van der Waals surface area (Å²) in [5.74, 6) is -0.718. The van der Waals surface area contributed by atoms with E-state index in [0.29, 0.717) is 41.0 Å². The fourth-order valence-electron chi connectivity index (χ4n) is 3.68. The number of amides is 2. The van der Waals surface area contributed by atoms with Crippen LogP contribution in [-0.2, 0) is 22.4 Å². The quantitative estimate of drug-likeness (QED) is 0.652. The van der Waals surface area contributed by atoms with Crippen LogP contribution in [0.3, 0.4) is 0 Å². The maximum absolute atomic E-state index is 12.5.